The normalized spacial score (nSPS) is 16.9. The van der Waals surface area contributed by atoms with Gasteiger partial charge in [-0.1, -0.05) is 5.92 Å². The average Bonchev–Trinajstić information content (AvgIpc) is 2.42. The summed E-state index contributed by atoms with van der Waals surface area (Å²) in [6, 6.07) is 4.66. The van der Waals surface area contributed by atoms with E-state index in [0.29, 0.717) is 6.04 Å². The average molecular weight is 258 g/mol. The lowest BCUT2D eigenvalue weighted by atomic mass is 10.0. The Labute approximate surface area is 115 Å². The number of hydrogen-bond donors (Lipinski definition) is 1. The van der Waals surface area contributed by atoms with Gasteiger partial charge in [-0.3, -0.25) is 4.90 Å². The molecular formula is C15H22N4. The van der Waals surface area contributed by atoms with Gasteiger partial charge in [-0.05, 0) is 25.0 Å². The zero-order valence-electron chi connectivity index (χ0n) is 11.8. The molecule has 1 aromatic heterocycles. The predicted molar refractivity (Wildman–Crippen MR) is 80.5 cm³/mol. The fourth-order valence-corrected chi connectivity index (χ4v) is 2.34. The minimum atomic E-state index is 0.529. The zero-order valence-corrected chi connectivity index (χ0v) is 11.8. The first-order chi connectivity index (χ1) is 9.19. The Hall–Kier alpha value is -1.73. The molecular weight excluding hydrogens is 236 g/mol. The van der Waals surface area contributed by atoms with Crippen LogP contribution in [0.2, 0.25) is 0 Å². The van der Waals surface area contributed by atoms with E-state index in [9.17, 15) is 0 Å². The Kier molecular flexibility index (Phi) is 4.64. The third-order valence-electron chi connectivity index (χ3n) is 3.48. The van der Waals surface area contributed by atoms with Crippen LogP contribution in [0.15, 0.2) is 18.3 Å². The van der Waals surface area contributed by atoms with E-state index in [-0.39, 0.29) is 0 Å². The summed E-state index contributed by atoms with van der Waals surface area (Å²) in [5.74, 6) is 3.69. The molecule has 0 saturated carbocycles. The molecule has 102 valence electrons. The highest BCUT2D eigenvalue weighted by molar-refractivity contribution is 5.48. The first-order valence-electron chi connectivity index (χ1n) is 6.75. The number of nitrogens with zero attached hydrogens (tertiary/aromatic N) is 3. The Balaban J connectivity index is 1.84. The zero-order chi connectivity index (χ0) is 13.7. The van der Waals surface area contributed by atoms with Crippen molar-refractivity contribution >= 4 is 11.5 Å². The van der Waals surface area contributed by atoms with Crippen molar-refractivity contribution < 1.29 is 0 Å². The number of hydrogen-bond acceptors (Lipinski definition) is 4. The highest BCUT2D eigenvalue weighted by atomic mass is 15.1. The number of terminal acetylenes is 1. The molecule has 2 rings (SSSR count). The SMILES string of the molecule is C#CCN1CCC(Nc2ccc(N(C)C)nc2)CC1. The van der Waals surface area contributed by atoms with E-state index in [0.717, 1.165) is 44.0 Å². The molecule has 0 aliphatic carbocycles. The molecule has 19 heavy (non-hydrogen) atoms. The Morgan fingerprint density at radius 3 is 2.68 bits per heavy atom. The van der Waals surface area contributed by atoms with Gasteiger partial charge in [0.05, 0.1) is 18.4 Å². The molecule has 1 aromatic rings. The molecule has 1 saturated heterocycles. The summed E-state index contributed by atoms with van der Waals surface area (Å²) in [5, 5.41) is 3.55. The van der Waals surface area contributed by atoms with Crippen LogP contribution in [-0.4, -0.2) is 49.7 Å². The summed E-state index contributed by atoms with van der Waals surface area (Å²) < 4.78 is 0. The Bertz CT molecular complexity index is 424. The number of anilines is 2. The van der Waals surface area contributed by atoms with Gasteiger partial charge in [-0.2, -0.15) is 0 Å². The van der Waals surface area contributed by atoms with Crippen LogP contribution >= 0.6 is 0 Å². The molecule has 1 N–H and O–H groups in total. The van der Waals surface area contributed by atoms with Gasteiger partial charge in [-0.25, -0.2) is 4.98 Å². The lowest BCUT2D eigenvalue weighted by molar-refractivity contribution is 0.243. The lowest BCUT2D eigenvalue weighted by Crippen LogP contribution is -2.39. The van der Waals surface area contributed by atoms with Crippen LogP contribution < -0.4 is 10.2 Å². The van der Waals surface area contributed by atoms with Gasteiger partial charge >= 0.3 is 0 Å². The van der Waals surface area contributed by atoms with Crippen LogP contribution in [0.4, 0.5) is 11.5 Å². The fraction of sp³-hybridized carbons (Fsp3) is 0.533. The number of nitrogens with one attached hydrogen (secondary N) is 1. The van der Waals surface area contributed by atoms with Gasteiger partial charge < -0.3 is 10.2 Å². The monoisotopic (exact) mass is 258 g/mol. The van der Waals surface area contributed by atoms with Crippen molar-refractivity contribution in [3.8, 4) is 12.3 Å². The third-order valence-corrected chi connectivity index (χ3v) is 3.48. The van der Waals surface area contributed by atoms with E-state index in [1.165, 1.54) is 0 Å². The molecule has 1 fully saturated rings. The second-order valence-electron chi connectivity index (χ2n) is 5.20. The van der Waals surface area contributed by atoms with E-state index >= 15 is 0 Å². The number of pyridine rings is 1. The second kappa shape index (κ2) is 6.44. The van der Waals surface area contributed by atoms with Crippen molar-refractivity contribution in [1.82, 2.24) is 9.88 Å². The van der Waals surface area contributed by atoms with Gasteiger partial charge in [0.2, 0.25) is 0 Å². The lowest BCUT2D eigenvalue weighted by Gasteiger charge is -2.31. The van der Waals surface area contributed by atoms with Crippen molar-refractivity contribution in [1.29, 1.82) is 0 Å². The van der Waals surface area contributed by atoms with Gasteiger partial charge in [0, 0.05) is 33.2 Å². The number of aromatic nitrogens is 1. The number of rotatable bonds is 4. The van der Waals surface area contributed by atoms with E-state index in [2.05, 4.69) is 27.2 Å². The van der Waals surface area contributed by atoms with E-state index in [1.807, 2.05) is 31.3 Å². The summed E-state index contributed by atoms with van der Waals surface area (Å²) >= 11 is 0. The van der Waals surface area contributed by atoms with Crippen LogP contribution in [0, 0.1) is 12.3 Å². The number of piperidine rings is 1. The van der Waals surface area contributed by atoms with Gasteiger partial charge in [0.1, 0.15) is 5.82 Å². The Morgan fingerprint density at radius 2 is 2.16 bits per heavy atom. The van der Waals surface area contributed by atoms with E-state index in [1.54, 1.807) is 0 Å². The maximum Gasteiger partial charge on any atom is 0.128 e. The summed E-state index contributed by atoms with van der Waals surface area (Å²) in [6.07, 6.45) is 9.51. The van der Waals surface area contributed by atoms with E-state index in [4.69, 9.17) is 6.42 Å². The molecule has 0 amide bonds. The quantitative estimate of drug-likeness (QED) is 0.832. The topological polar surface area (TPSA) is 31.4 Å². The van der Waals surface area contributed by atoms with Crippen molar-refractivity contribution in [2.45, 2.75) is 18.9 Å². The minimum absolute atomic E-state index is 0.529. The molecule has 0 atom stereocenters. The first-order valence-corrected chi connectivity index (χ1v) is 6.75. The molecule has 4 heteroatoms. The summed E-state index contributed by atoms with van der Waals surface area (Å²) in [4.78, 5) is 8.74. The van der Waals surface area contributed by atoms with Crippen LogP contribution in [0.3, 0.4) is 0 Å². The molecule has 0 aromatic carbocycles. The van der Waals surface area contributed by atoms with Crippen LogP contribution in [0.1, 0.15) is 12.8 Å². The van der Waals surface area contributed by atoms with Gasteiger partial charge in [0.15, 0.2) is 0 Å². The smallest absolute Gasteiger partial charge is 0.128 e. The molecule has 4 nitrogen and oxygen atoms in total. The summed E-state index contributed by atoms with van der Waals surface area (Å²) in [5.41, 5.74) is 1.10. The largest absolute Gasteiger partial charge is 0.381 e. The van der Waals surface area contributed by atoms with Crippen LogP contribution in [0.25, 0.3) is 0 Å². The highest BCUT2D eigenvalue weighted by Crippen LogP contribution is 2.17. The first kappa shape index (κ1) is 13.7. The van der Waals surface area contributed by atoms with Gasteiger partial charge in [0.25, 0.3) is 0 Å². The van der Waals surface area contributed by atoms with Crippen molar-refractivity contribution in [2.75, 3.05) is 43.9 Å². The molecule has 0 spiro atoms. The van der Waals surface area contributed by atoms with Gasteiger partial charge in [-0.15, -0.1) is 6.42 Å². The third kappa shape index (κ3) is 3.87. The van der Waals surface area contributed by atoms with Crippen LogP contribution in [-0.2, 0) is 0 Å². The second-order valence-corrected chi connectivity index (χ2v) is 5.20. The van der Waals surface area contributed by atoms with Crippen LogP contribution in [0.5, 0.6) is 0 Å². The number of likely N-dealkylation sites (tertiary alicyclic amines) is 1. The fourth-order valence-electron chi connectivity index (χ4n) is 2.34. The molecule has 1 aliphatic rings. The summed E-state index contributed by atoms with van der Waals surface area (Å²) in [7, 11) is 3.99. The van der Waals surface area contributed by atoms with E-state index < -0.39 is 0 Å². The highest BCUT2D eigenvalue weighted by Gasteiger charge is 2.18. The maximum absolute atomic E-state index is 5.34. The van der Waals surface area contributed by atoms with Crippen molar-refractivity contribution in [3.63, 3.8) is 0 Å². The molecule has 0 radical (unpaired) electrons. The van der Waals surface area contributed by atoms with Crippen molar-refractivity contribution in [2.24, 2.45) is 0 Å². The Morgan fingerprint density at radius 1 is 1.42 bits per heavy atom. The molecule has 2 heterocycles. The molecule has 1 aliphatic heterocycles. The maximum atomic E-state index is 5.34. The standard InChI is InChI=1S/C15H22N4/c1-4-9-19-10-7-13(8-11-19)17-14-5-6-15(16-12-14)18(2)3/h1,5-6,12-13,17H,7-11H2,2-3H3. The van der Waals surface area contributed by atoms with Crippen molar-refractivity contribution in [3.05, 3.63) is 18.3 Å². The molecule has 0 bridgehead atoms. The molecule has 0 unspecified atom stereocenters. The predicted octanol–water partition coefficient (Wildman–Crippen LogP) is 1.66. The minimum Gasteiger partial charge on any atom is -0.381 e. The summed E-state index contributed by atoms with van der Waals surface area (Å²) in [6.45, 7) is 2.92.